The number of hydrogen-bond donors (Lipinski definition) is 3. The highest BCUT2D eigenvalue weighted by molar-refractivity contribution is 7.88. The zero-order chi connectivity index (χ0) is 14.9. The summed E-state index contributed by atoms with van der Waals surface area (Å²) in [6.07, 6.45) is -2.18. The van der Waals surface area contributed by atoms with Crippen LogP contribution in [-0.4, -0.2) is 59.3 Å². The smallest absolute Gasteiger partial charge is 0.335 e. The van der Waals surface area contributed by atoms with Gasteiger partial charge in [0, 0.05) is 13.1 Å². The second kappa shape index (κ2) is 5.49. The first-order chi connectivity index (χ1) is 9.29. The van der Waals surface area contributed by atoms with E-state index in [2.05, 4.69) is 0 Å². The average Bonchev–Trinajstić information content (AvgIpc) is 2.70. The van der Waals surface area contributed by atoms with E-state index >= 15 is 0 Å². The molecule has 1 aromatic carbocycles. The second-order valence-electron chi connectivity index (χ2n) is 4.71. The lowest BCUT2D eigenvalue weighted by molar-refractivity contribution is 0.0572. The lowest BCUT2D eigenvalue weighted by atomic mass is 10.1. The van der Waals surface area contributed by atoms with Crippen LogP contribution in [0.2, 0.25) is 0 Å². The number of benzene rings is 1. The van der Waals surface area contributed by atoms with E-state index in [1.165, 1.54) is 24.3 Å². The van der Waals surface area contributed by atoms with Crippen molar-refractivity contribution in [2.45, 2.75) is 18.0 Å². The molecule has 20 heavy (non-hydrogen) atoms. The molecule has 0 amide bonds. The molecule has 8 heteroatoms. The van der Waals surface area contributed by atoms with E-state index in [0.717, 1.165) is 4.31 Å². The van der Waals surface area contributed by atoms with Crippen LogP contribution in [0.3, 0.4) is 0 Å². The van der Waals surface area contributed by atoms with Crippen molar-refractivity contribution in [1.29, 1.82) is 0 Å². The maximum Gasteiger partial charge on any atom is 0.335 e. The Bertz CT molecular complexity index is 604. The second-order valence-corrected chi connectivity index (χ2v) is 6.68. The van der Waals surface area contributed by atoms with Crippen LogP contribution in [0.1, 0.15) is 15.9 Å². The summed E-state index contributed by atoms with van der Waals surface area (Å²) in [5, 5.41) is 27.6. The summed E-state index contributed by atoms with van der Waals surface area (Å²) in [7, 11) is -3.70. The minimum atomic E-state index is -3.70. The number of nitrogens with zero attached hydrogens (tertiary/aromatic N) is 1. The fourth-order valence-corrected chi connectivity index (χ4v) is 3.60. The monoisotopic (exact) mass is 301 g/mol. The van der Waals surface area contributed by atoms with Crippen molar-refractivity contribution in [2.24, 2.45) is 0 Å². The fourth-order valence-electron chi connectivity index (χ4n) is 2.06. The zero-order valence-corrected chi connectivity index (χ0v) is 11.3. The summed E-state index contributed by atoms with van der Waals surface area (Å²) in [4.78, 5) is 10.8. The van der Waals surface area contributed by atoms with Gasteiger partial charge >= 0.3 is 5.97 Å². The van der Waals surface area contributed by atoms with E-state index < -0.39 is 28.2 Å². The minimum absolute atomic E-state index is 0.0131. The van der Waals surface area contributed by atoms with Gasteiger partial charge in [-0.2, -0.15) is 4.31 Å². The minimum Gasteiger partial charge on any atom is -0.478 e. The topological polar surface area (TPSA) is 115 Å². The van der Waals surface area contributed by atoms with Crippen molar-refractivity contribution in [2.75, 3.05) is 13.1 Å². The van der Waals surface area contributed by atoms with E-state index in [-0.39, 0.29) is 24.4 Å². The van der Waals surface area contributed by atoms with Gasteiger partial charge in [-0.1, -0.05) is 12.1 Å². The van der Waals surface area contributed by atoms with Gasteiger partial charge in [0.2, 0.25) is 10.0 Å². The number of hydrogen-bond acceptors (Lipinski definition) is 5. The van der Waals surface area contributed by atoms with Crippen molar-refractivity contribution in [3.05, 3.63) is 35.4 Å². The molecule has 2 unspecified atom stereocenters. The third kappa shape index (κ3) is 3.15. The highest BCUT2D eigenvalue weighted by Gasteiger charge is 2.36. The van der Waals surface area contributed by atoms with E-state index in [1.807, 2.05) is 0 Å². The Morgan fingerprint density at radius 2 is 1.85 bits per heavy atom. The van der Waals surface area contributed by atoms with Gasteiger partial charge in [-0.15, -0.1) is 0 Å². The molecular weight excluding hydrogens is 286 g/mol. The number of aliphatic hydroxyl groups is 2. The molecule has 0 aromatic heterocycles. The normalized spacial score (nSPS) is 23.9. The quantitative estimate of drug-likeness (QED) is 0.674. The standard InChI is InChI=1S/C12H15NO6S/c14-10-5-13(6-11(10)15)20(18,19)7-8-2-1-3-9(4-8)12(16)17/h1-4,10-11,14-15H,5-7H2,(H,16,17). The fraction of sp³-hybridized carbons (Fsp3) is 0.417. The van der Waals surface area contributed by atoms with E-state index in [9.17, 15) is 23.4 Å². The van der Waals surface area contributed by atoms with E-state index in [0.29, 0.717) is 5.56 Å². The largest absolute Gasteiger partial charge is 0.478 e. The molecule has 1 fully saturated rings. The summed E-state index contributed by atoms with van der Waals surface area (Å²) >= 11 is 0. The molecular formula is C12H15NO6S. The van der Waals surface area contributed by atoms with Crippen LogP contribution in [-0.2, 0) is 15.8 Å². The van der Waals surface area contributed by atoms with Gasteiger partial charge in [-0.25, -0.2) is 13.2 Å². The van der Waals surface area contributed by atoms with Crippen molar-refractivity contribution in [3.8, 4) is 0 Å². The van der Waals surface area contributed by atoms with Gasteiger partial charge in [0.25, 0.3) is 0 Å². The number of carboxylic acids is 1. The molecule has 2 atom stereocenters. The Balaban J connectivity index is 2.17. The maximum absolute atomic E-state index is 12.1. The summed E-state index contributed by atoms with van der Waals surface area (Å²) < 4.78 is 25.3. The van der Waals surface area contributed by atoms with Crippen LogP contribution in [0.4, 0.5) is 0 Å². The molecule has 0 saturated carbocycles. The zero-order valence-electron chi connectivity index (χ0n) is 10.5. The molecule has 3 N–H and O–H groups in total. The first-order valence-electron chi connectivity index (χ1n) is 5.96. The SMILES string of the molecule is O=C(O)c1cccc(CS(=O)(=O)N2CC(O)C(O)C2)c1. The van der Waals surface area contributed by atoms with Gasteiger partial charge in [0.15, 0.2) is 0 Å². The third-order valence-electron chi connectivity index (χ3n) is 3.14. The number of aliphatic hydroxyl groups excluding tert-OH is 2. The van der Waals surface area contributed by atoms with Gasteiger partial charge < -0.3 is 15.3 Å². The summed E-state index contributed by atoms with van der Waals surface area (Å²) in [6, 6.07) is 5.67. The van der Waals surface area contributed by atoms with Crippen LogP contribution in [0.25, 0.3) is 0 Å². The molecule has 1 aliphatic heterocycles. The first-order valence-corrected chi connectivity index (χ1v) is 7.57. The van der Waals surface area contributed by atoms with Crippen LogP contribution in [0.5, 0.6) is 0 Å². The van der Waals surface area contributed by atoms with Gasteiger partial charge in [0.05, 0.1) is 23.5 Å². The Morgan fingerprint density at radius 1 is 1.25 bits per heavy atom. The van der Waals surface area contributed by atoms with Gasteiger partial charge in [-0.3, -0.25) is 0 Å². The van der Waals surface area contributed by atoms with Gasteiger partial charge in [-0.05, 0) is 17.7 Å². The third-order valence-corrected chi connectivity index (χ3v) is 4.92. The van der Waals surface area contributed by atoms with Crippen LogP contribution < -0.4 is 0 Å². The lowest BCUT2D eigenvalue weighted by Crippen LogP contribution is -2.31. The Labute approximate surface area is 116 Å². The van der Waals surface area contributed by atoms with Crippen molar-refractivity contribution >= 4 is 16.0 Å². The molecule has 1 saturated heterocycles. The number of β-amino-alcohol motifs (C(OH)–C–C–N with tert-alkyl or cyclic N) is 2. The average molecular weight is 301 g/mol. The summed E-state index contributed by atoms with van der Waals surface area (Å²) in [5.41, 5.74) is 0.361. The number of sulfonamides is 1. The molecule has 7 nitrogen and oxygen atoms in total. The van der Waals surface area contributed by atoms with Crippen molar-refractivity contribution < 1.29 is 28.5 Å². The highest BCUT2D eigenvalue weighted by Crippen LogP contribution is 2.18. The molecule has 1 aromatic rings. The van der Waals surface area contributed by atoms with Crippen LogP contribution in [0, 0.1) is 0 Å². The summed E-state index contributed by atoms with van der Waals surface area (Å²) in [5.74, 6) is -1.50. The Hall–Kier alpha value is -1.48. The van der Waals surface area contributed by atoms with Crippen LogP contribution >= 0.6 is 0 Å². The maximum atomic E-state index is 12.1. The molecule has 0 aliphatic carbocycles. The van der Waals surface area contributed by atoms with Crippen molar-refractivity contribution in [1.82, 2.24) is 4.31 Å². The molecule has 0 radical (unpaired) electrons. The first kappa shape index (κ1) is 14.9. The molecule has 1 heterocycles. The molecule has 110 valence electrons. The summed E-state index contributed by atoms with van der Waals surface area (Å²) in [6.45, 7) is -0.301. The number of aromatic carboxylic acids is 1. The number of rotatable bonds is 4. The molecule has 1 aliphatic rings. The van der Waals surface area contributed by atoms with E-state index in [1.54, 1.807) is 0 Å². The Morgan fingerprint density at radius 3 is 2.40 bits per heavy atom. The number of carboxylic acid groups (broad SMARTS) is 1. The molecule has 0 bridgehead atoms. The van der Waals surface area contributed by atoms with Gasteiger partial charge in [0.1, 0.15) is 0 Å². The Kier molecular flexibility index (Phi) is 4.09. The van der Waals surface area contributed by atoms with E-state index in [4.69, 9.17) is 5.11 Å². The molecule has 0 spiro atoms. The predicted octanol–water partition coefficient (Wildman–Crippen LogP) is -0.748. The number of carbonyl (C=O) groups is 1. The predicted molar refractivity (Wildman–Crippen MR) is 69.6 cm³/mol. The van der Waals surface area contributed by atoms with Crippen molar-refractivity contribution in [3.63, 3.8) is 0 Å². The van der Waals surface area contributed by atoms with Crippen LogP contribution in [0.15, 0.2) is 24.3 Å². The lowest BCUT2D eigenvalue weighted by Gasteiger charge is -2.15. The highest BCUT2D eigenvalue weighted by atomic mass is 32.2. The molecule has 2 rings (SSSR count).